The summed E-state index contributed by atoms with van der Waals surface area (Å²) in [5, 5.41) is 12.9. The van der Waals surface area contributed by atoms with Gasteiger partial charge in [0, 0.05) is 43.2 Å². The highest BCUT2D eigenvalue weighted by Crippen LogP contribution is 2.25. The Morgan fingerprint density at radius 1 is 1.50 bits per heavy atom. The van der Waals surface area contributed by atoms with Crippen LogP contribution in [0.1, 0.15) is 36.2 Å². The molecule has 0 aromatic carbocycles. The van der Waals surface area contributed by atoms with E-state index >= 15 is 0 Å². The molecule has 1 amide bonds. The number of rotatable bonds is 5. The molecular formula is C16H19N3O3. The summed E-state index contributed by atoms with van der Waals surface area (Å²) in [6, 6.07) is 5.53. The summed E-state index contributed by atoms with van der Waals surface area (Å²) in [7, 11) is 0. The number of amides is 1. The fraction of sp³-hybridized carbons (Fsp3) is 0.438. The number of hydrogen-bond acceptors (Lipinski definition) is 5. The lowest BCUT2D eigenvalue weighted by atomic mass is 10.1. The van der Waals surface area contributed by atoms with Crippen molar-refractivity contribution in [1.29, 1.82) is 0 Å². The number of hydrogen-bond donors (Lipinski definition) is 1. The fourth-order valence-electron chi connectivity index (χ4n) is 2.90. The van der Waals surface area contributed by atoms with Gasteiger partial charge in [-0.2, -0.15) is 0 Å². The fourth-order valence-corrected chi connectivity index (χ4v) is 2.90. The second-order valence-electron chi connectivity index (χ2n) is 5.48. The largest absolute Gasteiger partial charge is 0.396 e. The van der Waals surface area contributed by atoms with Crippen molar-refractivity contribution in [2.45, 2.75) is 31.7 Å². The van der Waals surface area contributed by atoms with Crippen LogP contribution in [0.2, 0.25) is 0 Å². The van der Waals surface area contributed by atoms with Crippen LogP contribution < -0.4 is 0 Å². The van der Waals surface area contributed by atoms with Crippen molar-refractivity contribution in [2.24, 2.45) is 0 Å². The Morgan fingerprint density at radius 2 is 2.41 bits per heavy atom. The summed E-state index contributed by atoms with van der Waals surface area (Å²) < 4.78 is 5.27. The molecule has 6 nitrogen and oxygen atoms in total. The Balaban J connectivity index is 1.74. The van der Waals surface area contributed by atoms with Crippen LogP contribution in [0.4, 0.5) is 0 Å². The topological polar surface area (TPSA) is 79.5 Å². The molecule has 1 aliphatic heterocycles. The minimum atomic E-state index is -0.0978. The van der Waals surface area contributed by atoms with E-state index in [0.29, 0.717) is 17.9 Å². The van der Waals surface area contributed by atoms with Gasteiger partial charge in [-0.15, -0.1) is 0 Å². The molecule has 0 bridgehead atoms. The van der Waals surface area contributed by atoms with E-state index in [0.717, 1.165) is 31.4 Å². The first-order chi connectivity index (χ1) is 10.8. The lowest BCUT2D eigenvalue weighted by Crippen LogP contribution is -2.35. The Labute approximate surface area is 128 Å². The third kappa shape index (κ3) is 3.01. The normalized spacial score (nSPS) is 17.9. The number of likely N-dealkylation sites (tertiary alicyclic amines) is 1. The molecule has 1 atom stereocenters. The lowest BCUT2D eigenvalue weighted by molar-refractivity contribution is 0.0714. The van der Waals surface area contributed by atoms with E-state index < -0.39 is 0 Å². The van der Waals surface area contributed by atoms with Gasteiger partial charge in [-0.25, -0.2) is 0 Å². The van der Waals surface area contributed by atoms with Gasteiger partial charge in [0.15, 0.2) is 11.5 Å². The van der Waals surface area contributed by atoms with Gasteiger partial charge in [-0.1, -0.05) is 5.16 Å². The van der Waals surface area contributed by atoms with E-state index in [-0.39, 0.29) is 18.6 Å². The maximum absolute atomic E-state index is 12.6. The molecule has 1 N–H and O–H groups in total. The van der Waals surface area contributed by atoms with Crippen LogP contribution in [0.3, 0.4) is 0 Å². The zero-order valence-electron chi connectivity index (χ0n) is 12.3. The van der Waals surface area contributed by atoms with Gasteiger partial charge < -0.3 is 14.5 Å². The van der Waals surface area contributed by atoms with E-state index in [1.807, 2.05) is 17.0 Å². The molecule has 1 fully saturated rings. The number of aromatic nitrogens is 2. The van der Waals surface area contributed by atoms with Gasteiger partial charge in [-0.05, 0) is 37.8 Å². The van der Waals surface area contributed by atoms with Crippen molar-refractivity contribution < 1.29 is 14.4 Å². The number of aliphatic hydroxyl groups is 1. The Hall–Kier alpha value is -2.21. The molecule has 0 spiro atoms. The molecular weight excluding hydrogens is 282 g/mol. The second kappa shape index (κ2) is 6.70. The van der Waals surface area contributed by atoms with E-state index in [9.17, 15) is 4.79 Å². The molecule has 22 heavy (non-hydrogen) atoms. The number of pyridine rings is 1. The molecule has 116 valence electrons. The number of aliphatic hydroxyl groups excluding tert-OH is 1. The lowest BCUT2D eigenvalue weighted by Gasteiger charge is -2.23. The van der Waals surface area contributed by atoms with Gasteiger partial charge >= 0.3 is 0 Å². The van der Waals surface area contributed by atoms with Crippen molar-refractivity contribution in [3.63, 3.8) is 0 Å². The van der Waals surface area contributed by atoms with Crippen LogP contribution in [0.5, 0.6) is 0 Å². The molecule has 0 radical (unpaired) electrons. The van der Waals surface area contributed by atoms with Crippen LogP contribution >= 0.6 is 0 Å². The van der Waals surface area contributed by atoms with E-state index in [4.69, 9.17) is 9.63 Å². The van der Waals surface area contributed by atoms with E-state index in [1.54, 1.807) is 18.5 Å². The van der Waals surface area contributed by atoms with Gasteiger partial charge in [0.1, 0.15) is 0 Å². The molecule has 3 rings (SSSR count). The molecule has 2 aromatic heterocycles. The van der Waals surface area contributed by atoms with Crippen molar-refractivity contribution in [2.75, 3.05) is 13.2 Å². The zero-order valence-corrected chi connectivity index (χ0v) is 12.3. The van der Waals surface area contributed by atoms with Crippen molar-refractivity contribution in [3.05, 3.63) is 36.3 Å². The van der Waals surface area contributed by atoms with E-state index in [2.05, 4.69) is 10.1 Å². The maximum Gasteiger partial charge on any atom is 0.276 e. The smallest absolute Gasteiger partial charge is 0.276 e. The summed E-state index contributed by atoms with van der Waals surface area (Å²) in [6.45, 7) is 0.900. The molecule has 6 heteroatoms. The monoisotopic (exact) mass is 301 g/mol. The number of carbonyl (C=O) groups is 1. The summed E-state index contributed by atoms with van der Waals surface area (Å²) >= 11 is 0. The minimum absolute atomic E-state index is 0.0978. The molecule has 2 aromatic rings. The highest BCUT2D eigenvalue weighted by molar-refractivity contribution is 5.93. The average Bonchev–Trinajstić information content (AvgIpc) is 3.22. The zero-order chi connectivity index (χ0) is 15.4. The summed E-state index contributed by atoms with van der Waals surface area (Å²) in [6.07, 6.45) is 6.88. The second-order valence-corrected chi connectivity index (χ2v) is 5.48. The third-order valence-corrected chi connectivity index (χ3v) is 4.01. The minimum Gasteiger partial charge on any atom is -0.396 e. The molecule has 0 aliphatic carbocycles. The molecule has 1 saturated heterocycles. The highest BCUT2D eigenvalue weighted by Gasteiger charge is 2.30. The van der Waals surface area contributed by atoms with Gasteiger partial charge in [0.25, 0.3) is 5.91 Å². The average molecular weight is 301 g/mol. The quantitative estimate of drug-likeness (QED) is 0.915. The molecule has 3 heterocycles. The standard InChI is InChI=1S/C16H19N3O3/c20-9-3-6-13-5-2-8-19(13)16(21)14-10-15(22-18-14)12-4-1-7-17-11-12/h1,4,7,10-11,13,20H,2-3,5-6,8-9H2. The summed E-state index contributed by atoms with van der Waals surface area (Å²) in [4.78, 5) is 18.5. The van der Waals surface area contributed by atoms with Crippen LogP contribution in [0.15, 0.2) is 35.1 Å². The summed E-state index contributed by atoms with van der Waals surface area (Å²) in [5.74, 6) is 0.446. The highest BCUT2D eigenvalue weighted by atomic mass is 16.5. The Bertz CT molecular complexity index is 627. The van der Waals surface area contributed by atoms with Crippen molar-refractivity contribution >= 4 is 5.91 Å². The Morgan fingerprint density at radius 3 is 3.18 bits per heavy atom. The predicted octanol–water partition coefficient (Wildman–Crippen LogP) is 2.11. The third-order valence-electron chi connectivity index (χ3n) is 4.01. The summed E-state index contributed by atoms with van der Waals surface area (Å²) in [5.41, 5.74) is 1.13. The SMILES string of the molecule is O=C(c1cc(-c2cccnc2)on1)N1CCCC1CCCO. The number of carbonyl (C=O) groups excluding carboxylic acids is 1. The van der Waals surface area contributed by atoms with Gasteiger partial charge in [0.2, 0.25) is 0 Å². The molecule has 1 unspecified atom stereocenters. The maximum atomic E-state index is 12.6. The van der Waals surface area contributed by atoms with E-state index in [1.165, 1.54) is 0 Å². The molecule has 0 saturated carbocycles. The van der Waals surface area contributed by atoms with Gasteiger partial charge in [0.05, 0.1) is 0 Å². The first kappa shape index (κ1) is 14.7. The Kier molecular flexibility index (Phi) is 4.48. The molecule has 1 aliphatic rings. The van der Waals surface area contributed by atoms with Crippen LogP contribution in [0.25, 0.3) is 11.3 Å². The van der Waals surface area contributed by atoms with Crippen LogP contribution in [0, 0.1) is 0 Å². The van der Waals surface area contributed by atoms with Crippen molar-refractivity contribution in [3.8, 4) is 11.3 Å². The van der Waals surface area contributed by atoms with Crippen molar-refractivity contribution in [1.82, 2.24) is 15.0 Å². The predicted molar refractivity (Wildman–Crippen MR) is 80.1 cm³/mol. The first-order valence-corrected chi connectivity index (χ1v) is 7.58. The number of nitrogens with zero attached hydrogens (tertiary/aromatic N) is 3. The van der Waals surface area contributed by atoms with Gasteiger partial charge in [-0.3, -0.25) is 9.78 Å². The van der Waals surface area contributed by atoms with Crippen LogP contribution in [-0.4, -0.2) is 45.2 Å². The first-order valence-electron chi connectivity index (χ1n) is 7.58. The van der Waals surface area contributed by atoms with Crippen LogP contribution in [-0.2, 0) is 0 Å².